The maximum atomic E-state index is 11.8. The average Bonchev–Trinajstić information content (AvgIpc) is 3.24. The zero-order valence-electron chi connectivity index (χ0n) is 10.5. The molecular weight excluding hydrogens is 242 g/mol. The van der Waals surface area contributed by atoms with Crippen LogP contribution in [-0.2, 0) is 4.79 Å². The van der Waals surface area contributed by atoms with Crippen molar-refractivity contribution in [3.8, 4) is 23.8 Å². The molecule has 0 saturated heterocycles. The van der Waals surface area contributed by atoms with Crippen LogP contribution in [0.25, 0.3) is 0 Å². The molecule has 1 aromatic carbocycles. The number of benzene rings is 1. The molecule has 1 heterocycles. The van der Waals surface area contributed by atoms with E-state index in [2.05, 4.69) is 11.2 Å². The molecule has 0 spiro atoms. The number of ether oxygens (including phenoxy) is 2. The normalized spacial score (nSPS) is 23.3. The van der Waals surface area contributed by atoms with Gasteiger partial charge in [-0.05, 0) is 30.0 Å². The van der Waals surface area contributed by atoms with E-state index in [1.165, 1.54) is 0 Å². The number of carbonyl (C=O) groups excluding carboxylic acids is 1. The monoisotopic (exact) mass is 257 g/mol. The number of terminal acetylenes is 1. The van der Waals surface area contributed by atoms with Crippen molar-refractivity contribution >= 4 is 5.91 Å². The van der Waals surface area contributed by atoms with Crippen LogP contribution in [0.3, 0.4) is 0 Å². The highest BCUT2D eigenvalue weighted by Crippen LogP contribution is 2.49. The molecule has 1 saturated carbocycles. The maximum absolute atomic E-state index is 11.8. The van der Waals surface area contributed by atoms with Gasteiger partial charge in [-0.15, -0.1) is 6.42 Å². The van der Waals surface area contributed by atoms with Gasteiger partial charge in [0.1, 0.15) is 13.2 Å². The van der Waals surface area contributed by atoms with Crippen molar-refractivity contribution in [1.29, 1.82) is 0 Å². The molecule has 2 atom stereocenters. The van der Waals surface area contributed by atoms with Crippen LogP contribution in [0.4, 0.5) is 0 Å². The lowest BCUT2D eigenvalue weighted by Gasteiger charge is -2.18. The molecule has 1 aliphatic carbocycles. The highest BCUT2D eigenvalue weighted by molar-refractivity contribution is 5.83. The lowest BCUT2D eigenvalue weighted by molar-refractivity contribution is -0.122. The van der Waals surface area contributed by atoms with Crippen LogP contribution >= 0.6 is 0 Å². The Kier molecular flexibility index (Phi) is 3.04. The second-order valence-electron chi connectivity index (χ2n) is 4.77. The molecule has 0 unspecified atom stereocenters. The first kappa shape index (κ1) is 11.9. The van der Waals surface area contributed by atoms with Crippen LogP contribution in [0, 0.1) is 18.3 Å². The quantitative estimate of drug-likeness (QED) is 0.831. The molecule has 1 aromatic rings. The molecule has 3 rings (SSSR count). The van der Waals surface area contributed by atoms with Gasteiger partial charge >= 0.3 is 0 Å². The van der Waals surface area contributed by atoms with E-state index >= 15 is 0 Å². The molecule has 4 heteroatoms. The van der Waals surface area contributed by atoms with Gasteiger partial charge in [0.25, 0.3) is 0 Å². The van der Waals surface area contributed by atoms with Crippen LogP contribution in [0.15, 0.2) is 18.2 Å². The number of hydrogen-bond donors (Lipinski definition) is 1. The summed E-state index contributed by atoms with van der Waals surface area (Å²) < 4.78 is 11.0. The Bertz CT molecular complexity index is 547. The Labute approximate surface area is 112 Å². The topological polar surface area (TPSA) is 47.6 Å². The summed E-state index contributed by atoms with van der Waals surface area (Å²) in [4.78, 5) is 11.8. The fourth-order valence-corrected chi connectivity index (χ4v) is 2.41. The van der Waals surface area contributed by atoms with Crippen molar-refractivity contribution in [1.82, 2.24) is 5.32 Å². The molecule has 2 aliphatic rings. The lowest BCUT2D eigenvalue weighted by atomic mass is 10.1. The van der Waals surface area contributed by atoms with Gasteiger partial charge in [-0.3, -0.25) is 4.79 Å². The summed E-state index contributed by atoms with van der Waals surface area (Å²) in [5.41, 5.74) is 1.13. The molecule has 1 N–H and O–H groups in total. The lowest BCUT2D eigenvalue weighted by Crippen LogP contribution is -2.25. The van der Waals surface area contributed by atoms with E-state index in [0.717, 1.165) is 23.5 Å². The number of carbonyl (C=O) groups is 1. The van der Waals surface area contributed by atoms with Crippen LogP contribution in [0.1, 0.15) is 17.9 Å². The fraction of sp³-hybridized carbons (Fsp3) is 0.400. The smallest absolute Gasteiger partial charge is 0.224 e. The van der Waals surface area contributed by atoms with E-state index in [-0.39, 0.29) is 17.7 Å². The number of nitrogens with one attached hydrogen (secondary N) is 1. The number of hydrogen-bond acceptors (Lipinski definition) is 3. The maximum Gasteiger partial charge on any atom is 0.224 e. The second kappa shape index (κ2) is 4.85. The number of rotatable bonds is 3. The van der Waals surface area contributed by atoms with E-state index in [9.17, 15) is 4.79 Å². The zero-order chi connectivity index (χ0) is 13.2. The minimum absolute atomic E-state index is 0.0379. The summed E-state index contributed by atoms with van der Waals surface area (Å²) >= 11 is 0. The standard InChI is InChI=1S/C15H15NO3/c1-2-5-16-15(17)12-9-11(12)10-3-4-13-14(8-10)19-7-6-18-13/h1,3-4,8,11-12H,5-7,9H2,(H,16,17)/t11-,12-/m0/s1. The third-order valence-corrected chi connectivity index (χ3v) is 3.49. The Hall–Kier alpha value is -2.15. The predicted octanol–water partition coefficient (Wildman–Crippen LogP) is 1.31. The molecule has 0 aromatic heterocycles. The van der Waals surface area contributed by atoms with Crippen LogP contribution < -0.4 is 14.8 Å². The van der Waals surface area contributed by atoms with Crippen LogP contribution in [0.2, 0.25) is 0 Å². The van der Waals surface area contributed by atoms with E-state index < -0.39 is 0 Å². The van der Waals surface area contributed by atoms with Gasteiger partial charge in [-0.25, -0.2) is 0 Å². The first-order valence-electron chi connectivity index (χ1n) is 6.40. The van der Waals surface area contributed by atoms with Crippen LogP contribution in [-0.4, -0.2) is 25.7 Å². The van der Waals surface area contributed by atoms with Crippen molar-refractivity contribution in [2.75, 3.05) is 19.8 Å². The molecule has 0 bridgehead atoms. The molecule has 98 valence electrons. The van der Waals surface area contributed by atoms with Crippen molar-refractivity contribution in [3.05, 3.63) is 23.8 Å². The Morgan fingerprint density at radius 3 is 2.95 bits per heavy atom. The minimum atomic E-state index is 0.0379. The van der Waals surface area contributed by atoms with Crippen molar-refractivity contribution in [2.24, 2.45) is 5.92 Å². The predicted molar refractivity (Wildman–Crippen MR) is 70.1 cm³/mol. The number of amides is 1. The summed E-state index contributed by atoms with van der Waals surface area (Å²) in [6.07, 6.45) is 6.00. The minimum Gasteiger partial charge on any atom is -0.486 e. The van der Waals surface area contributed by atoms with E-state index in [1.807, 2.05) is 18.2 Å². The summed E-state index contributed by atoms with van der Waals surface area (Å²) in [5, 5.41) is 2.73. The zero-order valence-corrected chi connectivity index (χ0v) is 10.5. The van der Waals surface area contributed by atoms with E-state index in [4.69, 9.17) is 15.9 Å². The summed E-state index contributed by atoms with van der Waals surface area (Å²) in [6, 6.07) is 5.90. The van der Waals surface area contributed by atoms with Crippen molar-refractivity contribution < 1.29 is 14.3 Å². The van der Waals surface area contributed by atoms with Gasteiger partial charge in [-0.2, -0.15) is 0 Å². The van der Waals surface area contributed by atoms with E-state index in [1.54, 1.807) is 0 Å². The van der Waals surface area contributed by atoms with Gasteiger partial charge in [0.2, 0.25) is 5.91 Å². The van der Waals surface area contributed by atoms with Gasteiger partial charge in [-0.1, -0.05) is 12.0 Å². The van der Waals surface area contributed by atoms with E-state index in [0.29, 0.717) is 19.8 Å². The molecule has 1 fully saturated rings. The van der Waals surface area contributed by atoms with Crippen molar-refractivity contribution in [3.63, 3.8) is 0 Å². The van der Waals surface area contributed by atoms with Gasteiger partial charge < -0.3 is 14.8 Å². The Balaban J connectivity index is 1.68. The Morgan fingerprint density at radius 2 is 2.16 bits per heavy atom. The molecule has 19 heavy (non-hydrogen) atoms. The van der Waals surface area contributed by atoms with Crippen molar-refractivity contribution in [2.45, 2.75) is 12.3 Å². The summed E-state index contributed by atoms with van der Waals surface area (Å²) in [5.74, 6) is 4.32. The van der Waals surface area contributed by atoms with Crippen LogP contribution in [0.5, 0.6) is 11.5 Å². The third-order valence-electron chi connectivity index (χ3n) is 3.49. The SMILES string of the molecule is C#CCNC(=O)[C@H]1C[C@H]1c1ccc2c(c1)OCCO2. The molecule has 1 amide bonds. The highest BCUT2D eigenvalue weighted by atomic mass is 16.6. The summed E-state index contributed by atoms with van der Waals surface area (Å²) in [7, 11) is 0. The van der Waals surface area contributed by atoms with Gasteiger partial charge in [0.15, 0.2) is 11.5 Å². The molecule has 4 nitrogen and oxygen atoms in total. The average molecular weight is 257 g/mol. The van der Waals surface area contributed by atoms with Gasteiger partial charge in [0, 0.05) is 5.92 Å². The Morgan fingerprint density at radius 1 is 1.37 bits per heavy atom. The third kappa shape index (κ3) is 2.37. The molecule has 1 aliphatic heterocycles. The fourth-order valence-electron chi connectivity index (χ4n) is 2.41. The first-order chi connectivity index (χ1) is 9.29. The molecule has 0 radical (unpaired) electrons. The highest BCUT2D eigenvalue weighted by Gasteiger charge is 2.44. The largest absolute Gasteiger partial charge is 0.486 e. The second-order valence-corrected chi connectivity index (χ2v) is 4.77. The summed E-state index contributed by atoms with van der Waals surface area (Å²) in [6.45, 7) is 1.46. The molecular formula is C15H15NO3. The van der Waals surface area contributed by atoms with Gasteiger partial charge in [0.05, 0.1) is 6.54 Å². The first-order valence-corrected chi connectivity index (χ1v) is 6.40. The number of fused-ring (bicyclic) bond motifs is 1.